The van der Waals surface area contributed by atoms with E-state index in [0.29, 0.717) is 22.0 Å². The van der Waals surface area contributed by atoms with Gasteiger partial charge in [0.1, 0.15) is 5.75 Å². The molecule has 5 heteroatoms. The molecule has 0 saturated heterocycles. The molecule has 0 unspecified atom stereocenters. The second-order valence-corrected chi connectivity index (χ2v) is 6.03. The van der Waals surface area contributed by atoms with Crippen LogP contribution in [0.25, 0.3) is 38.3 Å². The first kappa shape index (κ1) is 13.8. The third kappa shape index (κ3) is 1.72. The van der Waals surface area contributed by atoms with Crippen molar-refractivity contribution in [3.63, 3.8) is 0 Å². The lowest BCUT2D eigenvalue weighted by molar-refractivity contribution is 0.482. The van der Waals surface area contributed by atoms with Crippen molar-refractivity contribution in [2.75, 3.05) is 0 Å². The van der Waals surface area contributed by atoms with E-state index in [4.69, 9.17) is 0 Å². The number of aromatic hydroxyl groups is 1. The van der Waals surface area contributed by atoms with Gasteiger partial charge in [-0.2, -0.15) is 0 Å². The molecule has 5 nitrogen and oxygen atoms in total. The molecule has 2 N–H and O–H groups in total. The molecule has 0 amide bonds. The van der Waals surface area contributed by atoms with E-state index in [1.54, 1.807) is 36.4 Å². The van der Waals surface area contributed by atoms with Gasteiger partial charge < -0.3 is 10.1 Å². The Kier molecular flexibility index (Phi) is 2.60. The maximum absolute atomic E-state index is 13.1. The van der Waals surface area contributed by atoms with Crippen molar-refractivity contribution in [3.05, 3.63) is 81.5 Å². The van der Waals surface area contributed by atoms with Crippen LogP contribution in [0, 0.1) is 0 Å². The van der Waals surface area contributed by atoms with E-state index in [1.165, 1.54) is 0 Å². The first-order chi connectivity index (χ1) is 12.2. The van der Waals surface area contributed by atoms with Gasteiger partial charge in [0.2, 0.25) is 0 Å². The van der Waals surface area contributed by atoms with E-state index in [9.17, 15) is 14.7 Å². The van der Waals surface area contributed by atoms with Gasteiger partial charge in [-0.15, -0.1) is 0 Å². The van der Waals surface area contributed by atoms with Crippen LogP contribution in [0.4, 0.5) is 0 Å². The highest BCUT2D eigenvalue weighted by Gasteiger charge is 2.20. The number of hydrogen-bond donors (Lipinski definition) is 2. The Morgan fingerprint density at radius 3 is 2.48 bits per heavy atom. The number of hydrogen-bond acceptors (Lipinski definition) is 3. The number of nitrogens with zero attached hydrogens (tertiary/aromatic N) is 1. The lowest BCUT2D eigenvalue weighted by Gasteiger charge is -2.14. The smallest absolute Gasteiger partial charge is 0.333 e. The van der Waals surface area contributed by atoms with Crippen LogP contribution in [0.2, 0.25) is 0 Å². The summed E-state index contributed by atoms with van der Waals surface area (Å²) in [6.07, 6.45) is 0. The Labute approximate surface area is 140 Å². The molecule has 0 radical (unpaired) electrons. The number of rotatable bonds is 1. The Morgan fingerprint density at radius 1 is 0.880 bits per heavy atom. The van der Waals surface area contributed by atoms with E-state index in [2.05, 4.69) is 4.98 Å². The number of pyridine rings is 1. The molecule has 0 spiro atoms. The summed E-state index contributed by atoms with van der Waals surface area (Å²) in [5, 5.41) is 13.0. The van der Waals surface area contributed by atoms with Crippen LogP contribution in [0.3, 0.4) is 0 Å². The molecule has 0 atom stereocenters. The van der Waals surface area contributed by atoms with Gasteiger partial charge in [0.25, 0.3) is 5.56 Å². The molecular formula is C20H12N2O3. The van der Waals surface area contributed by atoms with Crippen LogP contribution in [0.15, 0.2) is 70.3 Å². The van der Waals surface area contributed by atoms with Crippen LogP contribution in [0.5, 0.6) is 5.75 Å². The molecule has 0 aliphatic heterocycles. The number of benzene rings is 3. The number of aromatic amines is 1. The van der Waals surface area contributed by atoms with E-state index >= 15 is 0 Å². The van der Waals surface area contributed by atoms with E-state index < -0.39 is 11.2 Å². The normalized spacial score (nSPS) is 11.7. The predicted molar refractivity (Wildman–Crippen MR) is 97.6 cm³/mol. The fourth-order valence-corrected chi connectivity index (χ4v) is 3.57. The Morgan fingerprint density at radius 2 is 1.68 bits per heavy atom. The zero-order valence-corrected chi connectivity index (χ0v) is 13.0. The molecule has 0 aliphatic carbocycles. The third-order valence-corrected chi connectivity index (χ3v) is 4.66. The molecular weight excluding hydrogens is 316 g/mol. The van der Waals surface area contributed by atoms with Crippen molar-refractivity contribution in [2.45, 2.75) is 0 Å². The van der Waals surface area contributed by atoms with Gasteiger partial charge in [-0.1, -0.05) is 48.5 Å². The minimum Gasteiger partial charge on any atom is -0.506 e. The highest BCUT2D eigenvalue weighted by atomic mass is 16.3. The van der Waals surface area contributed by atoms with Crippen molar-refractivity contribution in [2.24, 2.45) is 0 Å². The molecule has 5 rings (SSSR count). The van der Waals surface area contributed by atoms with Gasteiger partial charge in [-0.25, -0.2) is 9.20 Å². The van der Waals surface area contributed by atoms with Gasteiger partial charge in [-0.05, 0) is 23.1 Å². The maximum Gasteiger partial charge on any atom is 0.333 e. The van der Waals surface area contributed by atoms with Gasteiger partial charge in [-0.3, -0.25) is 4.79 Å². The van der Waals surface area contributed by atoms with Gasteiger partial charge >= 0.3 is 5.69 Å². The second-order valence-electron chi connectivity index (χ2n) is 6.03. The molecule has 0 bridgehead atoms. The number of nitrogens with one attached hydrogen (secondary N) is 1. The second kappa shape index (κ2) is 4.70. The summed E-state index contributed by atoms with van der Waals surface area (Å²) in [6, 6.07) is 18.0. The first-order valence-electron chi connectivity index (χ1n) is 7.87. The fourth-order valence-electron chi connectivity index (χ4n) is 3.57. The van der Waals surface area contributed by atoms with Crippen molar-refractivity contribution in [1.82, 2.24) is 9.38 Å². The van der Waals surface area contributed by atoms with Gasteiger partial charge in [0.15, 0.2) is 0 Å². The van der Waals surface area contributed by atoms with Gasteiger partial charge in [0, 0.05) is 10.8 Å². The summed E-state index contributed by atoms with van der Waals surface area (Å²) in [5.41, 5.74) is 0.733. The van der Waals surface area contributed by atoms with Gasteiger partial charge in [0.05, 0.1) is 16.6 Å². The summed E-state index contributed by atoms with van der Waals surface area (Å²) >= 11 is 0. The Balaban J connectivity index is 2.13. The van der Waals surface area contributed by atoms with Crippen LogP contribution >= 0.6 is 0 Å². The van der Waals surface area contributed by atoms with Crippen molar-refractivity contribution in [1.29, 1.82) is 0 Å². The quantitative estimate of drug-likeness (QED) is 0.464. The molecule has 2 aromatic heterocycles. The third-order valence-electron chi connectivity index (χ3n) is 4.66. The Bertz CT molecular complexity index is 1380. The average Bonchev–Trinajstić information content (AvgIpc) is 2.62. The first-order valence-corrected chi connectivity index (χ1v) is 7.87. The lowest BCUT2D eigenvalue weighted by atomic mass is 9.99. The monoisotopic (exact) mass is 328 g/mol. The van der Waals surface area contributed by atoms with Crippen LogP contribution in [0.1, 0.15) is 0 Å². The summed E-state index contributed by atoms with van der Waals surface area (Å²) in [4.78, 5) is 28.4. The standard InChI is InChI=1S/C20H12N2O3/c23-18-13-10-9-12-7-4-8-14-15(12)17(13)22(20(25)21-14)19(24)16(18)11-5-2-1-3-6-11/h1-10,23H,(H,21,25). The lowest BCUT2D eigenvalue weighted by Crippen LogP contribution is -2.30. The molecule has 5 aromatic rings. The van der Waals surface area contributed by atoms with Crippen molar-refractivity contribution in [3.8, 4) is 16.9 Å². The average molecular weight is 328 g/mol. The molecule has 0 fully saturated rings. The topological polar surface area (TPSA) is 74.6 Å². The largest absolute Gasteiger partial charge is 0.506 e. The minimum absolute atomic E-state index is 0.103. The highest BCUT2D eigenvalue weighted by Crippen LogP contribution is 2.36. The molecule has 25 heavy (non-hydrogen) atoms. The number of aromatic nitrogens is 2. The zero-order valence-electron chi connectivity index (χ0n) is 13.0. The predicted octanol–water partition coefficient (Wildman–Crippen LogP) is 3.10. The summed E-state index contributed by atoms with van der Waals surface area (Å²) < 4.78 is 1.12. The van der Waals surface area contributed by atoms with Crippen LogP contribution < -0.4 is 11.2 Å². The zero-order chi connectivity index (χ0) is 17.1. The minimum atomic E-state index is -0.532. The number of H-pyrrole nitrogens is 1. The maximum atomic E-state index is 13.1. The summed E-state index contributed by atoms with van der Waals surface area (Å²) in [6.45, 7) is 0. The van der Waals surface area contributed by atoms with Crippen LogP contribution in [-0.2, 0) is 0 Å². The SMILES string of the molecule is O=c1[nH]c2cccc3ccc4c(O)c(-c5ccccc5)c(=O)n1c4c32. The fraction of sp³-hybridized carbons (Fsp3) is 0. The highest BCUT2D eigenvalue weighted by molar-refractivity contribution is 6.15. The molecule has 120 valence electrons. The van der Waals surface area contributed by atoms with E-state index in [0.717, 1.165) is 15.2 Å². The molecule has 0 aliphatic rings. The van der Waals surface area contributed by atoms with Crippen LogP contribution in [-0.4, -0.2) is 14.5 Å². The van der Waals surface area contributed by atoms with Crippen molar-refractivity contribution < 1.29 is 5.11 Å². The molecule has 0 saturated carbocycles. The van der Waals surface area contributed by atoms with E-state index in [1.807, 2.05) is 24.3 Å². The summed E-state index contributed by atoms with van der Waals surface area (Å²) in [7, 11) is 0. The van der Waals surface area contributed by atoms with Crippen molar-refractivity contribution >= 4 is 27.2 Å². The van der Waals surface area contributed by atoms with E-state index in [-0.39, 0.29) is 11.3 Å². The Hall–Kier alpha value is -3.60. The summed E-state index contributed by atoms with van der Waals surface area (Å²) in [5.74, 6) is -0.103. The molecule has 2 heterocycles. The molecule has 3 aromatic carbocycles.